The van der Waals surface area contributed by atoms with Crippen molar-refractivity contribution >= 4 is 42.6 Å². The minimum atomic E-state index is -0.630. The first-order chi connectivity index (χ1) is 12.6. The second-order valence-electron chi connectivity index (χ2n) is 6.09. The Balaban J connectivity index is 0.00000196. The molecule has 0 aliphatic carbocycles. The third-order valence-electron chi connectivity index (χ3n) is 4.16. The summed E-state index contributed by atoms with van der Waals surface area (Å²) in [6, 6.07) is 7.06. The van der Waals surface area contributed by atoms with E-state index < -0.39 is 5.91 Å². The van der Waals surface area contributed by atoms with E-state index in [-0.39, 0.29) is 36.7 Å². The third-order valence-corrected chi connectivity index (χ3v) is 4.16. The largest absolute Gasteiger partial charge is 0.365 e. The first-order valence-electron chi connectivity index (χ1n) is 8.30. The summed E-state index contributed by atoms with van der Waals surface area (Å²) < 4.78 is 13.8. The van der Waals surface area contributed by atoms with Crippen LogP contribution in [0.2, 0.25) is 0 Å². The van der Waals surface area contributed by atoms with Crippen molar-refractivity contribution in [2.75, 3.05) is 18.4 Å². The highest BCUT2D eigenvalue weighted by atomic mass is 35.5. The van der Waals surface area contributed by atoms with E-state index >= 15 is 0 Å². The number of anilines is 1. The molecule has 1 aliphatic rings. The number of nitrogens with zero attached hydrogens (tertiary/aromatic N) is 3. The fourth-order valence-corrected chi connectivity index (χ4v) is 2.87. The van der Waals surface area contributed by atoms with Crippen LogP contribution in [0.3, 0.4) is 0 Å². The van der Waals surface area contributed by atoms with E-state index in [1.54, 1.807) is 12.3 Å². The van der Waals surface area contributed by atoms with Gasteiger partial charge in [-0.25, -0.2) is 14.9 Å². The molecule has 1 aromatic carbocycles. The van der Waals surface area contributed by atoms with E-state index in [1.165, 1.54) is 23.8 Å². The van der Waals surface area contributed by atoms with E-state index in [9.17, 15) is 9.18 Å². The molecule has 1 aromatic heterocycles. The van der Waals surface area contributed by atoms with Gasteiger partial charge in [-0.3, -0.25) is 19.9 Å². The fraction of sp³-hybridized carbons (Fsp3) is 0.278. The summed E-state index contributed by atoms with van der Waals surface area (Å²) in [7, 11) is 0. The summed E-state index contributed by atoms with van der Waals surface area (Å²) in [5, 5.41) is 11.7. The second-order valence-corrected chi connectivity index (χ2v) is 6.09. The number of hydrogen-bond donors (Lipinski definition) is 3. The molecule has 1 amide bonds. The lowest BCUT2D eigenvalue weighted by Gasteiger charge is -2.17. The number of rotatable bonds is 6. The highest BCUT2D eigenvalue weighted by Gasteiger charge is 2.23. The molecule has 10 heteroatoms. The summed E-state index contributed by atoms with van der Waals surface area (Å²) >= 11 is 0. The Morgan fingerprint density at radius 1 is 1.29 bits per heavy atom. The fourth-order valence-electron chi connectivity index (χ4n) is 2.87. The quantitative estimate of drug-likeness (QED) is 0.371. The lowest BCUT2D eigenvalue weighted by Crippen LogP contribution is -2.26. The van der Waals surface area contributed by atoms with E-state index in [0.29, 0.717) is 23.6 Å². The molecule has 0 radical (unpaired) electrons. The molecule has 3 N–H and O–H groups in total. The van der Waals surface area contributed by atoms with Gasteiger partial charge in [0.15, 0.2) is 0 Å². The maximum Gasteiger partial charge on any atom is 0.267 e. The minimum Gasteiger partial charge on any atom is -0.365 e. The van der Waals surface area contributed by atoms with Crippen LogP contribution >= 0.6 is 24.8 Å². The molecule has 0 saturated carbocycles. The van der Waals surface area contributed by atoms with Crippen molar-refractivity contribution in [1.82, 2.24) is 20.3 Å². The Kier molecular flexibility index (Phi) is 9.81. The number of halogens is 3. The van der Waals surface area contributed by atoms with Crippen LogP contribution in [0.4, 0.5) is 10.2 Å². The van der Waals surface area contributed by atoms with Crippen LogP contribution in [0, 0.1) is 5.82 Å². The molecule has 2 aromatic rings. The van der Waals surface area contributed by atoms with Crippen LogP contribution in [0.1, 0.15) is 17.7 Å². The van der Waals surface area contributed by atoms with Gasteiger partial charge in [-0.15, -0.1) is 24.8 Å². The maximum atomic E-state index is 13.8. The van der Waals surface area contributed by atoms with Crippen molar-refractivity contribution in [1.29, 1.82) is 0 Å². The molecule has 2 heterocycles. The zero-order chi connectivity index (χ0) is 18.4. The number of benzene rings is 1. The molecule has 0 spiro atoms. The predicted octanol–water partition coefficient (Wildman–Crippen LogP) is 2.66. The summed E-state index contributed by atoms with van der Waals surface area (Å²) in [5.41, 5.74) is 2.72. The minimum absolute atomic E-state index is 0. The second kappa shape index (κ2) is 11.6. The number of carbonyl (C=O) groups is 1. The van der Waals surface area contributed by atoms with Crippen LogP contribution in [0.15, 0.2) is 42.7 Å². The molecule has 0 bridgehead atoms. The van der Waals surface area contributed by atoms with E-state index in [0.717, 1.165) is 25.6 Å². The van der Waals surface area contributed by atoms with Gasteiger partial charge in [0, 0.05) is 37.3 Å². The van der Waals surface area contributed by atoms with Crippen molar-refractivity contribution < 1.29 is 14.4 Å². The molecule has 28 heavy (non-hydrogen) atoms. The van der Waals surface area contributed by atoms with Gasteiger partial charge in [-0.05, 0) is 18.6 Å². The summed E-state index contributed by atoms with van der Waals surface area (Å²) in [6.07, 6.45) is 6.68. The summed E-state index contributed by atoms with van der Waals surface area (Å²) in [6.45, 7) is 2.28. The van der Waals surface area contributed by atoms with E-state index in [1.807, 2.05) is 12.1 Å². The standard InChI is InChI=1S/C18H20FN5O2.2ClH/c19-16-4-2-1-3-13(16)11-24-8-7-15(12-24)22-17-10-20-14(9-21-17)5-6-18(25)23-26;;/h1-6,9-10,15,26H,7-8,11-12H2,(H,21,22)(H,23,25);2*1H/t15-;;/m1../s1. The topological polar surface area (TPSA) is 90.4 Å². The smallest absolute Gasteiger partial charge is 0.267 e. The normalized spacial score (nSPS) is 16.3. The zero-order valence-electron chi connectivity index (χ0n) is 14.9. The number of carbonyl (C=O) groups excluding carboxylic acids is 1. The van der Waals surface area contributed by atoms with E-state index in [4.69, 9.17) is 5.21 Å². The molecule has 3 rings (SSSR count). The van der Waals surface area contributed by atoms with Gasteiger partial charge < -0.3 is 5.32 Å². The highest BCUT2D eigenvalue weighted by Crippen LogP contribution is 2.18. The van der Waals surface area contributed by atoms with Gasteiger partial charge in [0.2, 0.25) is 0 Å². The van der Waals surface area contributed by atoms with Gasteiger partial charge in [-0.1, -0.05) is 18.2 Å². The lowest BCUT2D eigenvalue weighted by molar-refractivity contribution is -0.124. The first-order valence-corrected chi connectivity index (χ1v) is 8.30. The molecule has 1 aliphatic heterocycles. The van der Waals surface area contributed by atoms with Crippen LogP contribution < -0.4 is 10.8 Å². The molecular weight excluding hydrogens is 408 g/mol. The Hall–Kier alpha value is -2.26. The molecule has 1 atom stereocenters. The van der Waals surface area contributed by atoms with Gasteiger partial charge in [-0.2, -0.15) is 0 Å². The van der Waals surface area contributed by atoms with Crippen LogP contribution in [0.5, 0.6) is 0 Å². The monoisotopic (exact) mass is 429 g/mol. The molecule has 0 unspecified atom stereocenters. The average Bonchev–Trinajstić information content (AvgIpc) is 3.09. The Bertz CT molecular complexity index is 792. The average molecular weight is 430 g/mol. The number of likely N-dealkylation sites (tertiary alicyclic amines) is 1. The SMILES string of the molecule is Cl.Cl.O=C(C=Cc1cnc(N[C@@H]2CCN(Cc3ccccc3F)C2)cn1)NO. The van der Waals surface area contributed by atoms with Crippen LogP contribution in [-0.4, -0.2) is 45.1 Å². The molecule has 7 nitrogen and oxygen atoms in total. The van der Waals surface area contributed by atoms with Gasteiger partial charge in [0.05, 0.1) is 18.1 Å². The Morgan fingerprint density at radius 3 is 2.75 bits per heavy atom. The van der Waals surface area contributed by atoms with Gasteiger partial charge >= 0.3 is 0 Å². The maximum absolute atomic E-state index is 13.8. The molecule has 152 valence electrons. The molecule has 1 fully saturated rings. The van der Waals surface area contributed by atoms with E-state index in [2.05, 4.69) is 20.2 Å². The Labute approximate surface area is 174 Å². The number of hydrogen-bond acceptors (Lipinski definition) is 6. The number of amides is 1. The van der Waals surface area contributed by atoms with Crippen LogP contribution in [0.25, 0.3) is 6.08 Å². The number of hydroxylamine groups is 1. The first kappa shape index (κ1) is 23.8. The predicted molar refractivity (Wildman–Crippen MR) is 109 cm³/mol. The van der Waals surface area contributed by atoms with Crippen molar-refractivity contribution in [2.24, 2.45) is 0 Å². The lowest BCUT2D eigenvalue weighted by atomic mass is 10.2. The van der Waals surface area contributed by atoms with Crippen molar-refractivity contribution in [2.45, 2.75) is 19.0 Å². The van der Waals surface area contributed by atoms with Gasteiger partial charge in [0.25, 0.3) is 5.91 Å². The van der Waals surface area contributed by atoms with Crippen molar-refractivity contribution in [3.63, 3.8) is 0 Å². The third kappa shape index (κ3) is 6.72. The summed E-state index contributed by atoms with van der Waals surface area (Å²) in [4.78, 5) is 21.6. The van der Waals surface area contributed by atoms with Crippen LogP contribution in [-0.2, 0) is 11.3 Å². The summed E-state index contributed by atoms with van der Waals surface area (Å²) in [5.74, 6) is -0.158. The van der Waals surface area contributed by atoms with Crippen molar-refractivity contribution in [3.05, 3.63) is 59.8 Å². The number of aromatic nitrogens is 2. The Morgan fingerprint density at radius 2 is 2.07 bits per heavy atom. The zero-order valence-corrected chi connectivity index (χ0v) is 16.5. The molecule has 1 saturated heterocycles. The van der Waals surface area contributed by atoms with Crippen molar-refractivity contribution in [3.8, 4) is 0 Å². The molecular formula is C18H22Cl2FN5O2. The highest BCUT2D eigenvalue weighted by molar-refractivity contribution is 5.90. The number of nitrogens with one attached hydrogen (secondary N) is 2. The van der Waals surface area contributed by atoms with Gasteiger partial charge in [0.1, 0.15) is 11.6 Å².